The summed E-state index contributed by atoms with van der Waals surface area (Å²) in [5.41, 5.74) is 0. The lowest BCUT2D eigenvalue weighted by Gasteiger charge is -2.20. The van der Waals surface area contributed by atoms with E-state index >= 15 is 0 Å². The molecule has 1 fully saturated rings. The van der Waals surface area contributed by atoms with Gasteiger partial charge >= 0.3 is 5.97 Å². The van der Waals surface area contributed by atoms with Gasteiger partial charge in [0.15, 0.2) is 0 Å². The monoisotopic (exact) mass is 326 g/mol. The summed E-state index contributed by atoms with van der Waals surface area (Å²) in [6, 6.07) is 0. The van der Waals surface area contributed by atoms with Gasteiger partial charge in [0, 0.05) is 10.8 Å². The van der Waals surface area contributed by atoms with Gasteiger partial charge in [-0.15, -0.1) is 0 Å². The summed E-state index contributed by atoms with van der Waals surface area (Å²) < 4.78 is 5.61. The second-order valence-corrected chi connectivity index (χ2v) is 5.08. The topological polar surface area (TPSA) is 46.5 Å². The van der Waals surface area contributed by atoms with Gasteiger partial charge in [0.1, 0.15) is 6.61 Å². The number of aliphatic hydroxyl groups excluding tert-OH is 1. The highest BCUT2D eigenvalue weighted by atomic mass is 127. The van der Waals surface area contributed by atoms with Crippen LogP contribution in [0.5, 0.6) is 0 Å². The van der Waals surface area contributed by atoms with Gasteiger partial charge in [0.2, 0.25) is 0 Å². The molecular formula is C11H19IO3. The number of halogens is 1. The number of hydrogen-bond donors (Lipinski definition) is 1. The SMILES string of the molecule is O=C(CC1CCCCC1)OCC(O)CI. The standard InChI is InChI=1S/C11H19IO3/c12-7-10(13)8-15-11(14)6-9-4-2-1-3-5-9/h9-10,13H,1-8H2. The van der Waals surface area contributed by atoms with Crippen LogP contribution in [0.4, 0.5) is 0 Å². The Kier molecular flexibility index (Phi) is 6.56. The minimum absolute atomic E-state index is 0.147. The van der Waals surface area contributed by atoms with Crippen LogP contribution >= 0.6 is 22.6 Å². The maximum absolute atomic E-state index is 11.4. The Balaban J connectivity index is 2.11. The molecule has 0 aliphatic heterocycles. The van der Waals surface area contributed by atoms with E-state index in [0.29, 0.717) is 16.8 Å². The molecule has 0 spiro atoms. The molecule has 1 rings (SSSR count). The van der Waals surface area contributed by atoms with Crippen molar-refractivity contribution in [3.05, 3.63) is 0 Å². The molecule has 1 aliphatic carbocycles. The molecule has 4 heteroatoms. The molecular weight excluding hydrogens is 307 g/mol. The molecule has 3 nitrogen and oxygen atoms in total. The third-order valence-electron chi connectivity index (χ3n) is 2.79. The summed E-state index contributed by atoms with van der Waals surface area (Å²) >= 11 is 2.07. The fraction of sp³-hybridized carbons (Fsp3) is 0.909. The van der Waals surface area contributed by atoms with Crippen LogP contribution in [0, 0.1) is 5.92 Å². The largest absolute Gasteiger partial charge is 0.463 e. The zero-order valence-electron chi connectivity index (χ0n) is 8.95. The van der Waals surface area contributed by atoms with Crippen molar-refractivity contribution in [1.29, 1.82) is 0 Å². The molecule has 0 aromatic carbocycles. The van der Waals surface area contributed by atoms with Crippen molar-refractivity contribution >= 4 is 28.6 Å². The number of ether oxygens (including phenoxy) is 1. The van der Waals surface area contributed by atoms with Gasteiger partial charge < -0.3 is 9.84 Å². The zero-order chi connectivity index (χ0) is 11.1. The molecule has 0 aromatic rings. The van der Waals surface area contributed by atoms with Crippen molar-refractivity contribution in [3.8, 4) is 0 Å². The van der Waals surface area contributed by atoms with Crippen LogP contribution in [0.3, 0.4) is 0 Å². The third kappa shape index (κ3) is 5.70. The van der Waals surface area contributed by atoms with Crippen molar-refractivity contribution in [2.24, 2.45) is 5.92 Å². The van der Waals surface area contributed by atoms with E-state index in [1.807, 2.05) is 0 Å². The quantitative estimate of drug-likeness (QED) is 0.479. The van der Waals surface area contributed by atoms with Crippen LogP contribution in [0.2, 0.25) is 0 Å². The van der Waals surface area contributed by atoms with Crippen molar-refractivity contribution < 1.29 is 14.6 Å². The number of hydrogen-bond acceptors (Lipinski definition) is 3. The average molecular weight is 326 g/mol. The first kappa shape index (κ1) is 13.2. The van der Waals surface area contributed by atoms with E-state index in [-0.39, 0.29) is 12.6 Å². The summed E-state index contributed by atoms with van der Waals surface area (Å²) in [4.78, 5) is 11.4. The van der Waals surface area contributed by atoms with Gasteiger partial charge in [-0.25, -0.2) is 0 Å². The molecule has 15 heavy (non-hydrogen) atoms. The van der Waals surface area contributed by atoms with E-state index in [1.165, 1.54) is 19.3 Å². The maximum Gasteiger partial charge on any atom is 0.306 e. The Bertz CT molecular complexity index is 190. The average Bonchev–Trinajstić information content (AvgIpc) is 2.27. The van der Waals surface area contributed by atoms with E-state index in [0.717, 1.165) is 12.8 Å². The van der Waals surface area contributed by atoms with E-state index in [9.17, 15) is 9.90 Å². The van der Waals surface area contributed by atoms with E-state index < -0.39 is 6.10 Å². The van der Waals surface area contributed by atoms with Gasteiger partial charge in [-0.05, 0) is 18.8 Å². The Morgan fingerprint density at radius 1 is 1.40 bits per heavy atom. The highest BCUT2D eigenvalue weighted by molar-refractivity contribution is 14.1. The molecule has 0 bridgehead atoms. The number of carbonyl (C=O) groups is 1. The summed E-state index contributed by atoms with van der Waals surface area (Å²) in [7, 11) is 0. The molecule has 1 N–H and O–H groups in total. The summed E-state index contributed by atoms with van der Waals surface area (Å²) in [5, 5.41) is 9.23. The van der Waals surface area contributed by atoms with Crippen molar-refractivity contribution in [3.63, 3.8) is 0 Å². The lowest BCUT2D eigenvalue weighted by atomic mass is 9.87. The highest BCUT2D eigenvalue weighted by Crippen LogP contribution is 2.26. The molecule has 1 aliphatic rings. The van der Waals surface area contributed by atoms with E-state index in [2.05, 4.69) is 22.6 Å². The lowest BCUT2D eigenvalue weighted by Crippen LogP contribution is -2.21. The van der Waals surface area contributed by atoms with E-state index in [4.69, 9.17) is 4.74 Å². The second-order valence-electron chi connectivity index (χ2n) is 4.20. The smallest absolute Gasteiger partial charge is 0.306 e. The number of rotatable bonds is 5. The first-order valence-electron chi connectivity index (χ1n) is 5.62. The third-order valence-corrected chi connectivity index (χ3v) is 3.81. The molecule has 88 valence electrons. The van der Waals surface area contributed by atoms with Gasteiger partial charge in [0.05, 0.1) is 6.10 Å². The lowest BCUT2D eigenvalue weighted by molar-refractivity contribution is -0.147. The second kappa shape index (κ2) is 7.44. The molecule has 0 radical (unpaired) electrons. The number of alkyl halides is 1. The van der Waals surface area contributed by atoms with Crippen LogP contribution < -0.4 is 0 Å². The summed E-state index contributed by atoms with van der Waals surface area (Å²) in [6.45, 7) is 0.147. The van der Waals surface area contributed by atoms with Crippen LogP contribution in [-0.2, 0) is 9.53 Å². The van der Waals surface area contributed by atoms with Gasteiger partial charge in [0.25, 0.3) is 0 Å². The van der Waals surface area contributed by atoms with Gasteiger partial charge in [-0.1, -0.05) is 41.9 Å². The molecule has 0 saturated heterocycles. The Morgan fingerprint density at radius 3 is 2.67 bits per heavy atom. The van der Waals surface area contributed by atoms with Crippen molar-refractivity contribution in [1.82, 2.24) is 0 Å². The first-order valence-corrected chi connectivity index (χ1v) is 7.14. The maximum atomic E-state index is 11.4. The molecule has 1 saturated carbocycles. The van der Waals surface area contributed by atoms with Crippen LogP contribution in [0.1, 0.15) is 38.5 Å². The fourth-order valence-corrected chi connectivity index (χ4v) is 2.17. The zero-order valence-corrected chi connectivity index (χ0v) is 11.1. The highest BCUT2D eigenvalue weighted by Gasteiger charge is 2.18. The Hall–Kier alpha value is 0.160. The minimum atomic E-state index is -0.513. The number of esters is 1. The predicted octanol–water partition coefficient (Wildman–Crippen LogP) is 2.30. The number of aliphatic hydroxyl groups is 1. The van der Waals surface area contributed by atoms with E-state index in [1.54, 1.807) is 0 Å². The summed E-state index contributed by atoms with van der Waals surface area (Å²) in [6.07, 6.45) is 6.13. The molecule has 0 heterocycles. The Labute approximate surface area is 105 Å². The fourth-order valence-electron chi connectivity index (χ4n) is 1.92. The molecule has 0 aromatic heterocycles. The molecule has 1 atom stereocenters. The predicted molar refractivity (Wildman–Crippen MR) is 67.0 cm³/mol. The first-order chi connectivity index (χ1) is 7.22. The molecule has 0 amide bonds. The molecule has 1 unspecified atom stereocenters. The van der Waals surface area contributed by atoms with Crippen molar-refractivity contribution in [2.45, 2.75) is 44.6 Å². The van der Waals surface area contributed by atoms with Crippen molar-refractivity contribution in [2.75, 3.05) is 11.0 Å². The summed E-state index contributed by atoms with van der Waals surface area (Å²) in [5.74, 6) is 0.369. The van der Waals surface area contributed by atoms with Crippen LogP contribution in [0.25, 0.3) is 0 Å². The normalized spacial score (nSPS) is 19.9. The number of carbonyl (C=O) groups excluding carboxylic acids is 1. The van der Waals surface area contributed by atoms with Crippen LogP contribution in [0.15, 0.2) is 0 Å². The Morgan fingerprint density at radius 2 is 2.07 bits per heavy atom. The minimum Gasteiger partial charge on any atom is -0.463 e. The van der Waals surface area contributed by atoms with Gasteiger partial charge in [-0.2, -0.15) is 0 Å². The van der Waals surface area contributed by atoms with Gasteiger partial charge in [-0.3, -0.25) is 4.79 Å². The van der Waals surface area contributed by atoms with Crippen LogP contribution in [-0.4, -0.2) is 28.2 Å².